The molecular formula is C21H25NO4. The molecule has 2 N–H and O–H groups in total. The van der Waals surface area contributed by atoms with Crippen molar-refractivity contribution in [2.45, 2.75) is 18.9 Å². The smallest absolute Gasteiger partial charge is 0.160 e. The van der Waals surface area contributed by atoms with Crippen molar-refractivity contribution in [2.75, 3.05) is 27.3 Å². The van der Waals surface area contributed by atoms with Crippen molar-refractivity contribution in [3.8, 4) is 23.0 Å². The molecule has 0 radical (unpaired) electrons. The van der Waals surface area contributed by atoms with Crippen molar-refractivity contribution in [1.29, 1.82) is 0 Å². The van der Waals surface area contributed by atoms with Gasteiger partial charge in [0.25, 0.3) is 0 Å². The highest BCUT2D eigenvalue weighted by Gasteiger charge is 2.28. The molecule has 0 fully saturated rings. The Morgan fingerprint density at radius 1 is 1.12 bits per heavy atom. The first-order valence-corrected chi connectivity index (χ1v) is 8.68. The van der Waals surface area contributed by atoms with Crippen LogP contribution < -0.4 is 9.47 Å². The van der Waals surface area contributed by atoms with Gasteiger partial charge in [-0.1, -0.05) is 12.1 Å². The Morgan fingerprint density at radius 3 is 2.50 bits per heavy atom. The molecule has 0 spiro atoms. The average Bonchev–Trinajstić information content (AvgIpc) is 2.63. The van der Waals surface area contributed by atoms with Crippen LogP contribution in [0.3, 0.4) is 0 Å². The summed E-state index contributed by atoms with van der Waals surface area (Å²) in [6.45, 7) is 5.53. The highest BCUT2D eigenvalue weighted by molar-refractivity contribution is 5.49. The molecule has 2 aromatic carbocycles. The van der Waals surface area contributed by atoms with E-state index in [1.54, 1.807) is 25.3 Å². The molecule has 0 saturated heterocycles. The van der Waals surface area contributed by atoms with Crippen LogP contribution in [0.5, 0.6) is 23.0 Å². The van der Waals surface area contributed by atoms with Crippen molar-refractivity contribution >= 4 is 0 Å². The van der Waals surface area contributed by atoms with E-state index >= 15 is 0 Å². The summed E-state index contributed by atoms with van der Waals surface area (Å²) in [5.41, 5.74) is 3.28. The summed E-state index contributed by atoms with van der Waals surface area (Å²) in [5.74, 6) is 1.24. The van der Waals surface area contributed by atoms with E-state index in [1.165, 1.54) is 12.7 Å². The second kappa shape index (κ2) is 7.70. The Hall–Kier alpha value is -2.66. The molecule has 2 aromatic rings. The number of nitrogens with zero attached hydrogens (tertiary/aromatic N) is 1. The van der Waals surface area contributed by atoms with Gasteiger partial charge in [-0.2, -0.15) is 0 Å². The first-order valence-electron chi connectivity index (χ1n) is 8.68. The first kappa shape index (κ1) is 18.1. The van der Waals surface area contributed by atoms with E-state index in [0.717, 1.165) is 30.6 Å². The molecule has 1 aliphatic heterocycles. The number of aromatic hydroxyl groups is 2. The van der Waals surface area contributed by atoms with Gasteiger partial charge in [-0.05, 0) is 53.8 Å². The van der Waals surface area contributed by atoms with E-state index in [1.807, 2.05) is 18.2 Å². The van der Waals surface area contributed by atoms with Gasteiger partial charge in [-0.3, -0.25) is 4.90 Å². The first-order chi connectivity index (χ1) is 12.6. The summed E-state index contributed by atoms with van der Waals surface area (Å²) in [7, 11) is 3.10. The number of hydrogen-bond acceptors (Lipinski definition) is 5. The maximum absolute atomic E-state index is 10.3. The quantitative estimate of drug-likeness (QED) is 0.777. The monoisotopic (exact) mass is 355 g/mol. The average molecular weight is 355 g/mol. The van der Waals surface area contributed by atoms with Crippen LogP contribution in [0.4, 0.5) is 0 Å². The Labute approximate surface area is 154 Å². The summed E-state index contributed by atoms with van der Waals surface area (Å²) in [4.78, 5) is 2.34. The summed E-state index contributed by atoms with van der Waals surface area (Å²) >= 11 is 0. The largest absolute Gasteiger partial charge is 0.504 e. The molecule has 0 aromatic heterocycles. The minimum atomic E-state index is 0.0846. The van der Waals surface area contributed by atoms with Crippen LogP contribution in [-0.4, -0.2) is 42.4 Å². The number of phenolic OH excluding ortho intramolecular Hbond substituents is 2. The molecule has 0 amide bonds. The van der Waals surface area contributed by atoms with Crippen LogP contribution in [-0.2, 0) is 12.8 Å². The highest BCUT2D eigenvalue weighted by atomic mass is 16.5. The third kappa shape index (κ3) is 3.48. The van der Waals surface area contributed by atoms with Crippen molar-refractivity contribution in [2.24, 2.45) is 0 Å². The van der Waals surface area contributed by atoms with Crippen LogP contribution in [0.1, 0.15) is 22.7 Å². The van der Waals surface area contributed by atoms with E-state index in [-0.39, 0.29) is 17.5 Å². The second-order valence-corrected chi connectivity index (χ2v) is 6.48. The van der Waals surface area contributed by atoms with Crippen molar-refractivity contribution in [1.82, 2.24) is 4.90 Å². The van der Waals surface area contributed by atoms with Crippen LogP contribution in [0.25, 0.3) is 0 Å². The lowest BCUT2D eigenvalue weighted by atomic mass is 9.88. The van der Waals surface area contributed by atoms with E-state index in [4.69, 9.17) is 9.47 Å². The van der Waals surface area contributed by atoms with Gasteiger partial charge in [0, 0.05) is 19.1 Å². The molecule has 0 bridgehead atoms. The molecule has 5 heteroatoms. The van der Waals surface area contributed by atoms with Gasteiger partial charge in [0.15, 0.2) is 23.0 Å². The van der Waals surface area contributed by atoms with Gasteiger partial charge in [-0.25, -0.2) is 0 Å². The Kier molecular flexibility index (Phi) is 5.38. The minimum Gasteiger partial charge on any atom is -0.504 e. The fourth-order valence-corrected chi connectivity index (χ4v) is 3.64. The maximum atomic E-state index is 10.3. The van der Waals surface area contributed by atoms with Crippen molar-refractivity contribution < 1.29 is 19.7 Å². The number of hydrogen-bond donors (Lipinski definition) is 2. The maximum Gasteiger partial charge on any atom is 0.160 e. The van der Waals surface area contributed by atoms with E-state index in [2.05, 4.69) is 11.5 Å². The molecular weight excluding hydrogens is 330 g/mol. The normalized spacial score (nSPS) is 16.8. The molecule has 0 aliphatic carbocycles. The van der Waals surface area contributed by atoms with Crippen LogP contribution in [0.15, 0.2) is 43.0 Å². The number of rotatable bonds is 6. The predicted molar refractivity (Wildman–Crippen MR) is 101 cm³/mol. The zero-order chi connectivity index (χ0) is 18.7. The second-order valence-electron chi connectivity index (χ2n) is 6.48. The van der Waals surface area contributed by atoms with Crippen molar-refractivity contribution in [3.63, 3.8) is 0 Å². The van der Waals surface area contributed by atoms with Crippen LogP contribution in [0.2, 0.25) is 0 Å². The third-order valence-corrected chi connectivity index (χ3v) is 4.94. The molecule has 5 nitrogen and oxygen atoms in total. The number of methoxy groups -OCH3 is 2. The molecule has 0 saturated carbocycles. The highest BCUT2D eigenvalue weighted by Crippen LogP contribution is 2.39. The summed E-state index contributed by atoms with van der Waals surface area (Å²) in [6, 6.07) is 9.29. The Bertz CT molecular complexity index is 803. The van der Waals surface area contributed by atoms with Crippen LogP contribution >= 0.6 is 0 Å². The van der Waals surface area contributed by atoms with Gasteiger partial charge in [-0.15, -0.1) is 6.58 Å². The predicted octanol–water partition coefficient (Wildman–Crippen LogP) is 3.44. The summed E-state index contributed by atoms with van der Waals surface area (Å²) < 4.78 is 10.4. The lowest BCUT2D eigenvalue weighted by Crippen LogP contribution is -2.36. The topological polar surface area (TPSA) is 62.2 Å². The molecule has 1 heterocycles. The summed E-state index contributed by atoms with van der Waals surface area (Å²) in [6.07, 6.45) is 3.50. The molecule has 1 aliphatic rings. The van der Waals surface area contributed by atoms with E-state index in [9.17, 15) is 10.2 Å². The number of ether oxygens (including phenoxy) is 2. The van der Waals surface area contributed by atoms with Gasteiger partial charge >= 0.3 is 0 Å². The van der Waals surface area contributed by atoms with Gasteiger partial charge in [0.2, 0.25) is 0 Å². The standard InChI is InChI=1S/C21H25NO4/c1-4-8-22-9-7-15-12-21(26-3)19(24)13-16(15)17(22)10-14-5-6-20(25-2)18(23)11-14/h4-6,11-13,17,23-24H,1,7-10H2,2-3H3/t17-/m0/s1. The molecule has 3 rings (SSSR count). The summed E-state index contributed by atoms with van der Waals surface area (Å²) in [5, 5.41) is 20.3. The van der Waals surface area contributed by atoms with Gasteiger partial charge in [0.1, 0.15) is 0 Å². The zero-order valence-corrected chi connectivity index (χ0v) is 15.2. The lowest BCUT2D eigenvalue weighted by molar-refractivity contribution is 0.203. The van der Waals surface area contributed by atoms with Crippen molar-refractivity contribution in [3.05, 3.63) is 59.7 Å². The van der Waals surface area contributed by atoms with Crippen LogP contribution in [0, 0.1) is 0 Å². The number of phenols is 2. The number of fused-ring (bicyclic) bond motifs is 1. The zero-order valence-electron chi connectivity index (χ0n) is 15.2. The molecule has 138 valence electrons. The van der Waals surface area contributed by atoms with E-state index < -0.39 is 0 Å². The fraction of sp³-hybridized carbons (Fsp3) is 0.333. The van der Waals surface area contributed by atoms with Gasteiger partial charge < -0.3 is 19.7 Å². The SMILES string of the molecule is C=CCN1CCc2cc(OC)c(O)cc2[C@@H]1Cc1ccc(OC)c(O)c1. The minimum absolute atomic E-state index is 0.0846. The molecule has 0 unspecified atom stereocenters. The van der Waals surface area contributed by atoms with E-state index in [0.29, 0.717) is 17.9 Å². The van der Waals surface area contributed by atoms with Gasteiger partial charge in [0.05, 0.1) is 14.2 Å². The molecule has 26 heavy (non-hydrogen) atoms. The Balaban J connectivity index is 1.98. The Morgan fingerprint density at radius 2 is 1.85 bits per heavy atom. The fourth-order valence-electron chi connectivity index (χ4n) is 3.64. The lowest BCUT2D eigenvalue weighted by Gasteiger charge is -2.37. The molecule has 1 atom stereocenters. The number of benzene rings is 2. The third-order valence-electron chi connectivity index (χ3n) is 4.94.